The predicted octanol–water partition coefficient (Wildman–Crippen LogP) is 0.614. The van der Waals surface area contributed by atoms with Gasteiger partial charge < -0.3 is 5.32 Å². The first kappa shape index (κ1) is 13.3. The summed E-state index contributed by atoms with van der Waals surface area (Å²) in [6, 6.07) is 1.21. The van der Waals surface area contributed by atoms with Crippen molar-refractivity contribution in [1.82, 2.24) is 30.4 Å². The van der Waals surface area contributed by atoms with E-state index in [-0.39, 0.29) is 12.4 Å². The molecule has 3 aliphatic rings. The van der Waals surface area contributed by atoms with Crippen molar-refractivity contribution >= 4 is 12.4 Å². The molecule has 19 heavy (non-hydrogen) atoms. The number of halogens is 1. The summed E-state index contributed by atoms with van der Waals surface area (Å²) in [5.41, 5.74) is 0. The van der Waals surface area contributed by atoms with Crippen LogP contribution in [0.15, 0.2) is 0 Å². The van der Waals surface area contributed by atoms with E-state index in [4.69, 9.17) is 0 Å². The molecule has 0 radical (unpaired) electrons. The molecule has 0 spiro atoms. The van der Waals surface area contributed by atoms with Crippen LogP contribution in [-0.4, -0.2) is 50.8 Å². The molecule has 1 unspecified atom stereocenters. The van der Waals surface area contributed by atoms with Crippen LogP contribution in [0, 0.1) is 5.92 Å². The highest BCUT2D eigenvalue weighted by molar-refractivity contribution is 5.85. The van der Waals surface area contributed by atoms with Crippen molar-refractivity contribution in [3.63, 3.8) is 0 Å². The second-order valence-electron chi connectivity index (χ2n) is 5.76. The van der Waals surface area contributed by atoms with Crippen LogP contribution in [-0.2, 0) is 6.54 Å². The minimum atomic E-state index is 0. The fourth-order valence-electron chi connectivity index (χ4n) is 3.52. The van der Waals surface area contributed by atoms with E-state index in [9.17, 15) is 0 Å². The Morgan fingerprint density at radius 2 is 1.84 bits per heavy atom. The van der Waals surface area contributed by atoms with Gasteiger partial charge in [-0.2, -0.15) is 0 Å². The summed E-state index contributed by atoms with van der Waals surface area (Å²) in [4.78, 5) is 2.70. The number of tetrazole rings is 1. The van der Waals surface area contributed by atoms with E-state index in [1.165, 1.54) is 25.7 Å². The molecular formula is C12H21ClN6. The van der Waals surface area contributed by atoms with Gasteiger partial charge in [0.05, 0.1) is 12.6 Å². The second-order valence-corrected chi connectivity index (χ2v) is 5.76. The van der Waals surface area contributed by atoms with Crippen LogP contribution in [0.4, 0.5) is 0 Å². The highest BCUT2D eigenvalue weighted by Gasteiger charge is 2.44. The van der Waals surface area contributed by atoms with Gasteiger partial charge in [-0.05, 0) is 55.1 Å². The Kier molecular flexibility index (Phi) is 3.73. The molecule has 1 aliphatic carbocycles. The summed E-state index contributed by atoms with van der Waals surface area (Å²) in [6.45, 7) is 4.38. The van der Waals surface area contributed by atoms with Crippen molar-refractivity contribution in [3.8, 4) is 0 Å². The van der Waals surface area contributed by atoms with Gasteiger partial charge in [0.15, 0.2) is 5.82 Å². The van der Waals surface area contributed by atoms with Gasteiger partial charge in [0.25, 0.3) is 0 Å². The first-order valence-electron chi connectivity index (χ1n) is 7.16. The van der Waals surface area contributed by atoms with Crippen molar-refractivity contribution in [3.05, 3.63) is 5.82 Å². The molecule has 2 aliphatic heterocycles. The number of piperidine rings is 1. The van der Waals surface area contributed by atoms with Gasteiger partial charge in [0.1, 0.15) is 0 Å². The molecule has 1 aromatic rings. The quantitative estimate of drug-likeness (QED) is 0.862. The van der Waals surface area contributed by atoms with E-state index in [1.54, 1.807) is 0 Å². The Morgan fingerprint density at radius 3 is 2.58 bits per heavy atom. The maximum Gasteiger partial charge on any atom is 0.168 e. The molecule has 6 nitrogen and oxygen atoms in total. The smallest absolute Gasteiger partial charge is 0.168 e. The van der Waals surface area contributed by atoms with Crippen LogP contribution >= 0.6 is 12.4 Å². The lowest BCUT2D eigenvalue weighted by molar-refractivity contribution is 0.0625. The van der Waals surface area contributed by atoms with Crippen molar-refractivity contribution in [1.29, 1.82) is 0 Å². The Hall–Kier alpha value is -0.720. The summed E-state index contributed by atoms with van der Waals surface area (Å²) < 4.78 is 2.01. The summed E-state index contributed by atoms with van der Waals surface area (Å²) in [7, 11) is 0. The van der Waals surface area contributed by atoms with Crippen LogP contribution in [0.25, 0.3) is 0 Å². The molecule has 0 amide bonds. The Morgan fingerprint density at radius 1 is 1.05 bits per heavy atom. The fourth-order valence-corrected chi connectivity index (χ4v) is 3.52. The molecule has 0 bridgehead atoms. The maximum atomic E-state index is 4.29. The molecule has 4 rings (SSSR count). The molecule has 106 valence electrons. The lowest BCUT2D eigenvalue weighted by Gasteiger charge is -2.42. The second kappa shape index (κ2) is 5.34. The van der Waals surface area contributed by atoms with Gasteiger partial charge in [-0.25, -0.2) is 4.68 Å². The van der Waals surface area contributed by atoms with Crippen LogP contribution in [0.1, 0.15) is 37.5 Å². The van der Waals surface area contributed by atoms with Gasteiger partial charge in [-0.1, -0.05) is 0 Å². The number of hydrogen-bond acceptors (Lipinski definition) is 5. The molecule has 2 fully saturated rings. The minimum absolute atomic E-state index is 0. The molecule has 1 saturated heterocycles. The predicted molar refractivity (Wildman–Crippen MR) is 73.1 cm³/mol. The van der Waals surface area contributed by atoms with Crippen molar-refractivity contribution in [2.75, 3.05) is 19.6 Å². The zero-order valence-corrected chi connectivity index (χ0v) is 11.8. The van der Waals surface area contributed by atoms with E-state index in [1.807, 2.05) is 4.68 Å². The monoisotopic (exact) mass is 284 g/mol. The van der Waals surface area contributed by atoms with Gasteiger partial charge in [0.2, 0.25) is 0 Å². The summed E-state index contributed by atoms with van der Waals surface area (Å²) in [6.07, 6.45) is 5.23. The lowest BCUT2D eigenvalue weighted by Crippen LogP contribution is -2.49. The van der Waals surface area contributed by atoms with Crippen LogP contribution in [0.3, 0.4) is 0 Å². The highest BCUT2D eigenvalue weighted by atomic mass is 35.5. The number of fused-ring (bicyclic) bond motifs is 1. The van der Waals surface area contributed by atoms with Gasteiger partial charge >= 0.3 is 0 Å². The molecule has 1 saturated carbocycles. The first-order valence-corrected chi connectivity index (χ1v) is 7.16. The molecule has 7 heteroatoms. The third kappa shape index (κ3) is 2.37. The number of aromatic nitrogens is 4. The van der Waals surface area contributed by atoms with Gasteiger partial charge in [-0.15, -0.1) is 17.5 Å². The SMILES string of the molecule is C1CC(N2CCn3nnnc3C2C2CC2)CCN1.Cl. The van der Waals surface area contributed by atoms with Crippen molar-refractivity contribution in [2.45, 2.75) is 44.3 Å². The number of rotatable bonds is 2. The average molecular weight is 285 g/mol. The first-order chi connectivity index (χ1) is 8.93. The van der Waals surface area contributed by atoms with Crippen LogP contribution in [0.5, 0.6) is 0 Å². The normalized spacial score (nSPS) is 28.7. The number of nitrogens with zero attached hydrogens (tertiary/aromatic N) is 5. The van der Waals surface area contributed by atoms with Gasteiger partial charge in [-0.3, -0.25) is 4.90 Å². The Labute approximate surface area is 119 Å². The molecule has 1 aromatic heterocycles. The molecular weight excluding hydrogens is 264 g/mol. The van der Waals surface area contributed by atoms with Crippen molar-refractivity contribution < 1.29 is 0 Å². The standard InChI is InChI=1S/C12H20N6.ClH/c1-2-9(1)11-12-14-15-16-18(12)8-7-17(11)10-3-5-13-6-4-10;/h9-11,13H,1-8H2;1H. The largest absolute Gasteiger partial charge is 0.317 e. The molecule has 1 N–H and O–H groups in total. The molecule has 3 heterocycles. The van der Waals surface area contributed by atoms with E-state index >= 15 is 0 Å². The fraction of sp³-hybridized carbons (Fsp3) is 0.917. The third-order valence-electron chi connectivity index (χ3n) is 4.60. The molecule has 0 aromatic carbocycles. The number of hydrogen-bond donors (Lipinski definition) is 1. The lowest BCUT2D eigenvalue weighted by atomic mass is 9.98. The number of nitrogens with one attached hydrogen (secondary N) is 1. The Balaban J connectivity index is 0.00000110. The minimum Gasteiger partial charge on any atom is -0.317 e. The van der Waals surface area contributed by atoms with E-state index in [2.05, 4.69) is 25.7 Å². The maximum absolute atomic E-state index is 4.29. The topological polar surface area (TPSA) is 58.9 Å². The summed E-state index contributed by atoms with van der Waals surface area (Å²) in [5.74, 6) is 1.91. The highest BCUT2D eigenvalue weighted by Crippen LogP contribution is 2.46. The summed E-state index contributed by atoms with van der Waals surface area (Å²) >= 11 is 0. The van der Waals surface area contributed by atoms with Gasteiger partial charge in [0, 0.05) is 12.6 Å². The average Bonchev–Trinajstić information content (AvgIpc) is 3.15. The van der Waals surface area contributed by atoms with E-state index in [0.717, 1.165) is 44.0 Å². The van der Waals surface area contributed by atoms with Crippen molar-refractivity contribution in [2.24, 2.45) is 5.92 Å². The van der Waals surface area contributed by atoms with Crippen LogP contribution < -0.4 is 5.32 Å². The zero-order chi connectivity index (χ0) is 11.9. The molecule has 1 atom stereocenters. The van der Waals surface area contributed by atoms with E-state index < -0.39 is 0 Å². The zero-order valence-electron chi connectivity index (χ0n) is 11.0. The van der Waals surface area contributed by atoms with E-state index in [0.29, 0.717) is 6.04 Å². The summed E-state index contributed by atoms with van der Waals surface area (Å²) in [5, 5.41) is 15.7. The van der Waals surface area contributed by atoms with Crippen LogP contribution in [0.2, 0.25) is 0 Å². The Bertz CT molecular complexity index is 426. The third-order valence-corrected chi connectivity index (χ3v) is 4.60.